The highest BCUT2D eigenvalue weighted by molar-refractivity contribution is 5.94. The zero-order valence-electron chi connectivity index (χ0n) is 36.8. The van der Waals surface area contributed by atoms with Crippen LogP contribution >= 0.6 is 12.4 Å². The van der Waals surface area contributed by atoms with Crippen molar-refractivity contribution in [1.29, 1.82) is 0 Å². The van der Waals surface area contributed by atoms with Crippen molar-refractivity contribution in [2.24, 2.45) is 0 Å². The van der Waals surface area contributed by atoms with Crippen LogP contribution in [0, 0.1) is 13.8 Å². The van der Waals surface area contributed by atoms with Crippen molar-refractivity contribution in [3.63, 3.8) is 0 Å². The lowest BCUT2D eigenvalue weighted by atomic mass is 9.83. The molecule has 0 N–H and O–H groups in total. The van der Waals surface area contributed by atoms with Crippen LogP contribution in [0.15, 0.2) is 182 Å². The fourth-order valence-corrected chi connectivity index (χ4v) is 11.0. The van der Waals surface area contributed by atoms with Crippen LogP contribution in [-0.2, 0) is 0 Å². The molecule has 0 saturated carbocycles. The zero-order chi connectivity index (χ0) is 41.8. The van der Waals surface area contributed by atoms with Crippen LogP contribution in [0.1, 0.15) is 130 Å². The summed E-state index contributed by atoms with van der Waals surface area (Å²) in [5.74, 6) is 0.747. The SMILES string of the molecule is Cc1cc([C@H](C)c2ccccc2)c(N2CN(c3c([C@H](C)c4ccccc4)cc(C)cc3[C@H](C)c3ccccc3)C3c4cccc5cccc(c45)C32)c([C@H](C)c2ccccc2)c1.Cl. The van der Waals surface area contributed by atoms with Crippen LogP contribution in [0.3, 0.4) is 0 Å². The van der Waals surface area contributed by atoms with Gasteiger partial charge in [0.25, 0.3) is 0 Å². The molecule has 2 aliphatic rings. The second-order valence-corrected chi connectivity index (χ2v) is 17.9. The minimum absolute atomic E-state index is 0. The normalized spacial score (nSPS) is 17.3. The molecule has 0 spiro atoms. The van der Waals surface area contributed by atoms with E-state index in [9.17, 15) is 0 Å². The van der Waals surface area contributed by atoms with Crippen LogP contribution in [0.5, 0.6) is 0 Å². The van der Waals surface area contributed by atoms with E-state index in [-0.39, 0.29) is 48.2 Å². The van der Waals surface area contributed by atoms with Crippen molar-refractivity contribution in [2.75, 3.05) is 16.5 Å². The predicted octanol–water partition coefficient (Wildman–Crippen LogP) is 15.6. The van der Waals surface area contributed by atoms with Gasteiger partial charge in [-0.15, -0.1) is 12.4 Å². The predicted molar refractivity (Wildman–Crippen MR) is 265 cm³/mol. The summed E-state index contributed by atoms with van der Waals surface area (Å²) in [5, 5.41) is 2.74. The molecule has 1 heterocycles. The molecule has 0 radical (unpaired) electrons. The Morgan fingerprint density at radius 1 is 0.387 bits per heavy atom. The number of hydrogen-bond donors (Lipinski definition) is 0. The number of anilines is 2. The molecule has 1 aliphatic carbocycles. The lowest BCUT2D eigenvalue weighted by Gasteiger charge is -2.35. The van der Waals surface area contributed by atoms with E-state index < -0.39 is 0 Å². The van der Waals surface area contributed by atoms with Crippen LogP contribution in [0.4, 0.5) is 11.4 Å². The van der Waals surface area contributed by atoms with Gasteiger partial charge in [0, 0.05) is 35.0 Å². The molecule has 10 rings (SSSR count). The number of rotatable bonds is 10. The lowest BCUT2D eigenvalue weighted by Crippen LogP contribution is -2.31. The summed E-state index contributed by atoms with van der Waals surface area (Å²) in [5.41, 5.74) is 19.2. The van der Waals surface area contributed by atoms with Crippen LogP contribution in [0.2, 0.25) is 0 Å². The number of fused-ring (bicyclic) bond motifs is 3. The Bertz CT molecular complexity index is 2510. The number of hydrogen-bond acceptors (Lipinski definition) is 2. The molecular weight excluding hydrogens is 772 g/mol. The van der Waals surface area contributed by atoms with Gasteiger partial charge in [-0.2, -0.15) is 0 Å². The Morgan fingerprint density at radius 3 is 0.968 bits per heavy atom. The largest absolute Gasteiger partial charge is 0.344 e. The number of nitrogens with zero attached hydrogens (tertiary/aromatic N) is 2. The Labute approximate surface area is 375 Å². The van der Waals surface area contributed by atoms with E-state index in [0.717, 1.165) is 6.67 Å². The molecule has 2 unspecified atom stereocenters. The smallest absolute Gasteiger partial charge is 0.0917 e. The molecule has 0 amide bonds. The number of halogens is 1. The van der Waals surface area contributed by atoms with Gasteiger partial charge in [-0.1, -0.05) is 221 Å². The highest BCUT2D eigenvalue weighted by atomic mass is 35.5. The van der Waals surface area contributed by atoms with Crippen molar-refractivity contribution in [3.8, 4) is 0 Å². The van der Waals surface area contributed by atoms with Gasteiger partial charge < -0.3 is 9.80 Å². The van der Waals surface area contributed by atoms with Crippen molar-refractivity contribution in [2.45, 2.75) is 77.3 Å². The monoisotopic (exact) mass is 828 g/mol. The first-order valence-electron chi connectivity index (χ1n) is 22.3. The summed E-state index contributed by atoms with van der Waals surface area (Å²) in [6, 6.07) is 68.8. The molecule has 3 heteroatoms. The van der Waals surface area contributed by atoms with Gasteiger partial charge in [0.1, 0.15) is 0 Å². The van der Waals surface area contributed by atoms with Gasteiger partial charge in [-0.25, -0.2) is 0 Å². The van der Waals surface area contributed by atoms with Crippen molar-refractivity contribution in [3.05, 3.63) is 249 Å². The quantitative estimate of drug-likeness (QED) is 0.135. The fraction of sp³-hybridized carbons (Fsp3) is 0.220. The van der Waals surface area contributed by atoms with Gasteiger partial charge in [0.15, 0.2) is 0 Å². The lowest BCUT2D eigenvalue weighted by molar-refractivity contribution is 0.640. The highest BCUT2D eigenvalue weighted by Gasteiger charge is 2.50. The second kappa shape index (κ2) is 17.0. The van der Waals surface area contributed by atoms with Gasteiger partial charge in [-0.3, -0.25) is 0 Å². The summed E-state index contributed by atoms with van der Waals surface area (Å²) in [7, 11) is 0. The van der Waals surface area contributed by atoms with Crippen molar-refractivity contribution >= 4 is 34.6 Å². The molecule has 62 heavy (non-hydrogen) atoms. The van der Waals surface area contributed by atoms with Gasteiger partial charge in [0.05, 0.1) is 18.8 Å². The number of benzene rings is 8. The van der Waals surface area contributed by atoms with E-state index >= 15 is 0 Å². The summed E-state index contributed by atoms with van der Waals surface area (Å²) < 4.78 is 0. The minimum atomic E-state index is 0. The van der Waals surface area contributed by atoms with Crippen LogP contribution in [0.25, 0.3) is 10.8 Å². The third kappa shape index (κ3) is 7.09. The van der Waals surface area contributed by atoms with E-state index in [4.69, 9.17) is 0 Å². The topological polar surface area (TPSA) is 6.48 Å². The summed E-state index contributed by atoms with van der Waals surface area (Å²) in [6.45, 7) is 15.0. The first kappa shape index (κ1) is 41.3. The Balaban J connectivity index is 0.00000490. The van der Waals surface area contributed by atoms with Crippen LogP contribution in [-0.4, -0.2) is 6.67 Å². The molecule has 1 aliphatic heterocycles. The van der Waals surface area contributed by atoms with E-state index in [1.165, 1.54) is 88.9 Å². The van der Waals surface area contributed by atoms with Gasteiger partial charge in [-0.05, 0) is 80.3 Å². The van der Waals surface area contributed by atoms with Crippen molar-refractivity contribution < 1.29 is 0 Å². The molecule has 0 bridgehead atoms. The molecule has 0 aromatic heterocycles. The molecule has 310 valence electrons. The Morgan fingerprint density at radius 2 is 0.677 bits per heavy atom. The van der Waals surface area contributed by atoms with E-state index in [1.807, 2.05) is 0 Å². The minimum Gasteiger partial charge on any atom is -0.344 e. The first-order valence-corrected chi connectivity index (χ1v) is 22.3. The van der Waals surface area contributed by atoms with E-state index in [1.54, 1.807) is 0 Å². The summed E-state index contributed by atoms with van der Waals surface area (Å²) in [6.07, 6.45) is 0. The summed E-state index contributed by atoms with van der Waals surface area (Å²) >= 11 is 0. The van der Waals surface area contributed by atoms with Gasteiger partial charge in [0.2, 0.25) is 0 Å². The number of aryl methyl sites for hydroxylation is 2. The molecular formula is C59H57ClN2. The summed E-state index contributed by atoms with van der Waals surface area (Å²) in [4.78, 5) is 5.69. The standard InChI is InChI=1S/C59H56N2.ClH/c1-38-33-51(40(3)44-21-11-7-12-22-44)56(52(34-38)41(4)45-23-13-8-14-24-45)60-37-61(59-50-32-20-30-48-29-19-31-49(55(48)50)58(59)60)57-53(42(5)46-25-15-9-16-26-46)35-39(2)36-54(57)43(6)47-27-17-10-18-28-47;/h7-36,40-43,58-59H,37H2,1-6H3;1H/t40-,41-,42-,43-,58?,59?;/m1./s1. The van der Waals surface area contributed by atoms with Crippen molar-refractivity contribution in [1.82, 2.24) is 0 Å². The third-order valence-electron chi connectivity index (χ3n) is 14.1. The fourth-order valence-electron chi connectivity index (χ4n) is 11.0. The maximum Gasteiger partial charge on any atom is 0.0917 e. The van der Waals surface area contributed by atoms with Crippen LogP contribution < -0.4 is 9.80 Å². The van der Waals surface area contributed by atoms with E-state index in [0.29, 0.717) is 0 Å². The third-order valence-corrected chi connectivity index (χ3v) is 14.1. The maximum atomic E-state index is 2.84. The first-order chi connectivity index (χ1) is 29.8. The Hall–Kier alpha value is -6.09. The molecule has 8 aromatic rings. The zero-order valence-corrected chi connectivity index (χ0v) is 37.6. The molecule has 6 atom stereocenters. The Kier molecular flexibility index (Phi) is 11.3. The maximum absolute atomic E-state index is 2.84. The van der Waals surface area contributed by atoms with E-state index in [2.05, 4.69) is 233 Å². The van der Waals surface area contributed by atoms with Gasteiger partial charge >= 0.3 is 0 Å². The average molecular weight is 830 g/mol. The molecule has 8 aromatic carbocycles. The average Bonchev–Trinajstić information content (AvgIpc) is 3.86. The second-order valence-electron chi connectivity index (χ2n) is 17.9. The molecule has 1 saturated heterocycles. The highest BCUT2D eigenvalue weighted by Crippen LogP contribution is 2.59. The molecule has 2 nitrogen and oxygen atoms in total. The molecule has 1 fully saturated rings.